The number of aliphatic hydroxyl groups is 5. The van der Waals surface area contributed by atoms with Gasteiger partial charge in [-0.15, -0.1) is 0 Å². The average Bonchev–Trinajstić information content (AvgIpc) is 0.688. The van der Waals surface area contributed by atoms with E-state index in [1.54, 1.807) is 18.0 Å². The van der Waals surface area contributed by atoms with Crippen LogP contribution < -0.4 is 16.0 Å². The summed E-state index contributed by atoms with van der Waals surface area (Å²) in [5.41, 5.74) is -2.13. The quantitative estimate of drug-likeness (QED) is 0.0438. The van der Waals surface area contributed by atoms with E-state index in [1.807, 2.05) is 39.4 Å². The summed E-state index contributed by atoms with van der Waals surface area (Å²) in [4.78, 5) is 96.3. The summed E-state index contributed by atoms with van der Waals surface area (Å²) < 4.78 is 40.3. The molecule has 22 nitrogen and oxygen atoms in total. The predicted molar refractivity (Wildman–Crippen MR) is 317 cm³/mol. The van der Waals surface area contributed by atoms with Crippen LogP contribution in [0.15, 0.2) is 11.6 Å². The van der Waals surface area contributed by atoms with E-state index in [1.165, 1.54) is 37.7 Å². The van der Waals surface area contributed by atoms with Crippen molar-refractivity contribution in [1.29, 1.82) is 0 Å². The summed E-state index contributed by atoms with van der Waals surface area (Å²) in [5.74, 6) is -3.30. The number of carbonyl (C=O) groups excluding carboxylic acids is 7. The van der Waals surface area contributed by atoms with Crippen molar-refractivity contribution in [3.63, 3.8) is 0 Å². The number of fused-ring (bicyclic) bond motifs is 7. The number of ketones is 1. The molecule has 85 heavy (non-hydrogen) atoms. The predicted octanol–water partition coefficient (Wildman–Crippen LogP) is 3.22. The van der Waals surface area contributed by atoms with Crippen molar-refractivity contribution in [3.05, 3.63) is 11.6 Å². The highest BCUT2D eigenvalue weighted by Crippen LogP contribution is 2.75. The highest BCUT2D eigenvalue weighted by Gasteiger charge is 2.71. The molecule has 2 heterocycles. The zero-order valence-electron chi connectivity index (χ0n) is 51.7. The number of aliphatic hydroxyl groups excluding tert-OH is 5. The Balaban J connectivity index is 1.18. The average molecular weight is 1260 g/mol. The van der Waals surface area contributed by atoms with Crippen LogP contribution in [0.3, 0.4) is 0 Å². The molecule has 3 amide bonds. The number of esters is 3. The van der Waals surface area contributed by atoms with Gasteiger partial charge in [0.05, 0.1) is 27.4 Å². The van der Waals surface area contributed by atoms with Crippen LogP contribution >= 0.6 is 35.3 Å². The molecule has 0 radical (unpaired) electrons. The normalized spacial score (nSPS) is 40.4. The molecule has 8 N–H and O–H groups in total. The molecule has 482 valence electrons. The second-order valence-electron chi connectivity index (χ2n) is 26.7. The first-order valence-corrected chi connectivity index (χ1v) is 34.0. The van der Waals surface area contributed by atoms with Gasteiger partial charge in [0, 0.05) is 11.3 Å². The molecule has 22 atom stereocenters. The van der Waals surface area contributed by atoms with Crippen LogP contribution in [0.5, 0.6) is 0 Å². The number of hydrogen-bond acceptors (Lipinski definition) is 22. The van der Waals surface area contributed by atoms with E-state index >= 15 is 4.79 Å². The first kappa shape index (κ1) is 69.4. The molecule has 5 aliphatic carbocycles. The number of ether oxygens (including phenoxy) is 7. The Morgan fingerprint density at radius 2 is 1.11 bits per heavy atom. The van der Waals surface area contributed by atoms with E-state index in [9.17, 15) is 54.3 Å². The fourth-order valence-electron chi connectivity index (χ4n) is 16.1. The van der Waals surface area contributed by atoms with Gasteiger partial charge < -0.3 is 74.6 Å². The molecular formula is C60H95N3O19S3. The van der Waals surface area contributed by atoms with Gasteiger partial charge in [0.15, 0.2) is 30.6 Å². The number of methoxy groups -OCH3 is 3. The lowest BCUT2D eigenvalue weighted by molar-refractivity contribution is -0.369. The van der Waals surface area contributed by atoms with Gasteiger partial charge in [0.2, 0.25) is 5.91 Å². The molecule has 0 aromatic carbocycles. The fourth-order valence-corrected chi connectivity index (χ4v) is 17.5. The van der Waals surface area contributed by atoms with Gasteiger partial charge in [-0.3, -0.25) is 19.2 Å². The number of amides is 3. The molecule has 7 aliphatic rings. The molecule has 0 aromatic rings. The Labute approximate surface area is 512 Å². The maximum Gasteiger partial charge on any atom is 0.328 e. The first-order chi connectivity index (χ1) is 39.9. The van der Waals surface area contributed by atoms with Gasteiger partial charge in [-0.25, -0.2) is 14.4 Å². The number of carbonyl (C=O) groups is 7. The minimum atomic E-state index is -2.09. The van der Waals surface area contributed by atoms with Gasteiger partial charge in [-0.05, 0) is 158 Å². The summed E-state index contributed by atoms with van der Waals surface area (Å²) >= 11 is 4.41. The first-order valence-electron chi connectivity index (χ1n) is 29.8. The summed E-state index contributed by atoms with van der Waals surface area (Å²) in [6.45, 7) is 15.2. The smallest absolute Gasteiger partial charge is 0.328 e. The molecule has 22 unspecified atom stereocenters. The van der Waals surface area contributed by atoms with Crippen LogP contribution in [0.25, 0.3) is 0 Å². The van der Waals surface area contributed by atoms with Crippen molar-refractivity contribution >= 4 is 76.7 Å². The number of nitrogens with one attached hydrogen (secondary N) is 3. The molecule has 0 spiro atoms. The van der Waals surface area contributed by atoms with Gasteiger partial charge in [-0.1, -0.05) is 54.0 Å². The van der Waals surface area contributed by atoms with E-state index in [2.05, 4.69) is 43.6 Å². The monoisotopic (exact) mass is 1260 g/mol. The van der Waals surface area contributed by atoms with E-state index in [4.69, 9.17) is 33.2 Å². The third-order valence-electron chi connectivity index (χ3n) is 21.5. The fraction of sp³-hybridized carbons (Fsp3) is 0.850. The molecule has 4 saturated carbocycles. The summed E-state index contributed by atoms with van der Waals surface area (Å²) in [6, 6.07) is -3.11. The van der Waals surface area contributed by atoms with Crippen molar-refractivity contribution < 1.29 is 92.3 Å². The second kappa shape index (κ2) is 27.6. The zero-order chi connectivity index (χ0) is 62.9. The van der Waals surface area contributed by atoms with Crippen LogP contribution in [0.2, 0.25) is 0 Å². The van der Waals surface area contributed by atoms with Crippen LogP contribution in [-0.2, 0) is 66.7 Å². The van der Waals surface area contributed by atoms with Gasteiger partial charge in [0.1, 0.15) is 54.7 Å². The maximum absolute atomic E-state index is 15.5. The van der Waals surface area contributed by atoms with Crippen LogP contribution in [0.1, 0.15) is 126 Å². The zero-order valence-corrected chi connectivity index (χ0v) is 54.1. The van der Waals surface area contributed by atoms with E-state index in [0.717, 1.165) is 31.9 Å². The third kappa shape index (κ3) is 13.3. The highest BCUT2D eigenvalue weighted by molar-refractivity contribution is 7.98. The lowest BCUT2D eigenvalue weighted by Crippen LogP contribution is -2.69. The Kier molecular flexibility index (Phi) is 22.5. The van der Waals surface area contributed by atoms with Crippen molar-refractivity contribution in [1.82, 2.24) is 16.0 Å². The van der Waals surface area contributed by atoms with Crippen LogP contribution in [0, 0.1) is 50.2 Å². The lowest BCUT2D eigenvalue weighted by atomic mass is 9.33. The molecular weight excluding hydrogens is 1160 g/mol. The molecule has 2 aliphatic heterocycles. The molecule has 7 rings (SSSR count). The third-order valence-corrected chi connectivity index (χ3v) is 23.4. The molecule has 25 heteroatoms. The minimum Gasteiger partial charge on any atom is -0.467 e. The summed E-state index contributed by atoms with van der Waals surface area (Å²) in [5, 5.41) is 65.7. The number of hydrogen-bond donors (Lipinski definition) is 8. The van der Waals surface area contributed by atoms with Crippen molar-refractivity contribution in [2.24, 2.45) is 50.2 Å². The Bertz CT molecular complexity index is 2490. The van der Waals surface area contributed by atoms with Gasteiger partial charge in [-0.2, -0.15) is 35.3 Å². The van der Waals surface area contributed by atoms with Gasteiger partial charge >= 0.3 is 17.9 Å². The highest BCUT2D eigenvalue weighted by atomic mass is 32.2. The van der Waals surface area contributed by atoms with E-state index in [-0.39, 0.29) is 41.8 Å². The maximum atomic E-state index is 15.5. The number of thioether (sulfide) groups is 3. The lowest BCUT2D eigenvalue weighted by Gasteiger charge is -2.70. The largest absolute Gasteiger partial charge is 0.467 e. The Hall–Kier alpha value is -3.08. The minimum absolute atomic E-state index is 0.0464. The van der Waals surface area contributed by atoms with E-state index < -0.39 is 148 Å². The Morgan fingerprint density at radius 1 is 0.612 bits per heavy atom. The SMILES string of the molecule is COC(=O)C(CCSC)NC(=O)C1OC(OC2C(OC3CCC4(C)C(CCC5(C)C4C(=O)C=C4C6CC(C)(C(=O)NC(CCSC)C(=O)OC)CCC6(C)CCC45C)C3(C)C)OC(C(=O)NC(CCSC)C(=O)OC)C(O)C2O)C(O)C(O)C1O. The molecule has 0 aromatic heterocycles. The standard InChI is InChI=1S/C60H95N3O19S3/c1-55(2)36-14-20-60(7)46(35(64)28-30-31-29-57(4,22-21-56(31,3)23-24-59(30,60)6)54(75)63-34(18-27-85-13)51(74)78-10)58(36,5)19-15-37(55)79-53-45(41(68)40(67)44(81-53)48(71)62-33(17-26-84-12)50(73)77-9)82-52-42(69)38(65)39(66)43(80-52)47(70)61-32(16-25-83-11)49(72)76-8/h28,31-34,36-46,52-53,65-69H,14-27,29H2,1-13H3,(H,61,70)(H,62,71)(H,63,75). The molecule has 0 bridgehead atoms. The van der Waals surface area contributed by atoms with Crippen molar-refractivity contribution in [3.8, 4) is 0 Å². The number of allylic oxidation sites excluding steroid dienone is 2. The number of rotatable bonds is 22. The topological polar surface area (TPSA) is 321 Å². The van der Waals surface area contributed by atoms with E-state index in [0.29, 0.717) is 62.2 Å². The molecule has 6 fully saturated rings. The molecule has 2 saturated heterocycles. The Morgan fingerprint density at radius 3 is 1.62 bits per heavy atom. The second-order valence-corrected chi connectivity index (χ2v) is 29.7. The van der Waals surface area contributed by atoms with Crippen molar-refractivity contribution in [2.75, 3.05) is 57.4 Å². The summed E-state index contributed by atoms with van der Waals surface area (Å²) in [7, 11) is 3.63. The van der Waals surface area contributed by atoms with Crippen LogP contribution in [-0.4, -0.2) is 210 Å². The summed E-state index contributed by atoms with van der Waals surface area (Å²) in [6.07, 6.45) is -6.42. The van der Waals surface area contributed by atoms with Crippen molar-refractivity contribution in [2.45, 2.75) is 211 Å². The van der Waals surface area contributed by atoms with Gasteiger partial charge in [0.25, 0.3) is 11.8 Å². The van der Waals surface area contributed by atoms with Crippen LogP contribution in [0.4, 0.5) is 0 Å².